The second kappa shape index (κ2) is 6.37. The highest BCUT2D eigenvalue weighted by Gasteiger charge is 2.31. The number of rotatable bonds is 5. The molecule has 1 N–H and O–H groups in total. The van der Waals surface area contributed by atoms with Gasteiger partial charge in [-0.25, -0.2) is 4.79 Å². The number of hydrogen-bond acceptors (Lipinski definition) is 1. The Labute approximate surface area is 143 Å². The van der Waals surface area contributed by atoms with E-state index in [4.69, 9.17) is 16.7 Å². The summed E-state index contributed by atoms with van der Waals surface area (Å²) in [6, 6.07) is 15.2. The van der Waals surface area contributed by atoms with Gasteiger partial charge in [0.1, 0.15) is 0 Å². The zero-order chi connectivity index (χ0) is 17.3. The minimum atomic E-state index is -0.893. The van der Waals surface area contributed by atoms with Gasteiger partial charge in [-0.1, -0.05) is 63.6 Å². The van der Waals surface area contributed by atoms with Gasteiger partial charge in [0, 0.05) is 5.02 Å². The van der Waals surface area contributed by atoms with E-state index < -0.39 is 5.97 Å². The molecule has 0 aliphatic carbocycles. The number of hydrogen-bond donors (Lipinski definition) is 1. The van der Waals surface area contributed by atoms with E-state index in [0.717, 1.165) is 17.0 Å². The van der Waals surface area contributed by atoms with E-state index in [0.29, 0.717) is 5.56 Å². The van der Waals surface area contributed by atoms with Gasteiger partial charge < -0.3 is 5.11 Å². The predicted octanol–water partition coefficient (Wildman–Crippen LogP) is 5.68. The van der Waals surface area contributed by atoms with Gasteiger partial charge in [0.05, 0.1) is 5.56 Å². The molecule has 3 heteroatoms. The van der Waals surface area contributed by atoms with Gasteiger partial charge in [-0.2, -0.15) is 0 Å². The molecule has 0 spiro atoms. The highest BCUT2D eigenvalue weighted by atomic mass is 35.5. The van der Waals surface area contributed by atoms with Gasteiger partial charge in [0.2, 0.25) is 0 Å². The Bertz CT molecular complexity index is 683. The molecule has 0 atom stereocenters. The number of carboxylic acid groups (broad SMARTS) is 1. The van der Waals surface area contributed by atoms with Gasteiger partial charge in [-0.05, 0) is 52.6 Å². The summed E-state index contributed by atoms with van der Waals surface area (Å²) in [5, 5.41) is 9.77. The quantitative estimate of drug-likeness (QED) is 0.765. The summed E-state index contributed by atoms with van der Waals surface area (Å²) in [4.78, 5) is 11.0. The maximum Gasteiger partial charge on any atom is 0.335 e. The molecule has 2 aromatic carbocycles. The first-order valence-electron chi connectivity index (χ1n) is 7.72. The van der Waals surface area contributed by atoms with Crippen LogP contribution in [0.25, 0.3) is 0 Å². The highest BCUT2D eigenvalue weighted by molar-refractivity contribution is 6.30. The molecule has 0 aliphatic rings. The molecule has 2 rings (SSSR count). The van der Waals surface area contributed by atoms with E-state index in [-0.39, 0.29) is 10.8 Å². The van der Waals surface area contributed by atoms with Crippen molar-refractivity contribution in [2.75, 3.05) is 0 Å². The zero-order valence-electron chi connectivity index (χ0n) is 14.1. The predicted molar refractivity (Wildman–Crippen MR) is 95.5 cm³/mol. The Morgan fingerprint density at radius 2 is 1.26 bits per heavy atom. The Morgan fingerprint density at radius 1 is 0.870 bits per heavy atom. The van der Waals surface area contributed by atoms with Crippen molar-refractivity contribution in [2.45, 2.75) is 44.9 Å². The van der Waals surface area contributed by atoms with Crippen LogP contribution in [0.1, 0.15) is 55.6 Å². The molecule has 23 heavy (non-hydrogen) atoms. The third-order valence-electron chi connectivity index (χ3n) is 4.42. The maximum atomic E-state index is 11.0. The molecule has 0 bridgehead atoms. The van der Waals surface area contributed by atoms with Crippen molar-refractivity contribution in [1.29, 1.82) is 0 Å². The summed E-state index contributed by atoms with van der Waals surface area (Å²) in [6.07, 6.45) is 0.939. The lowest BCUT2D eigenvalue weighted by Gasteiger charge is -2.36. The van der Waals surface area contributed by atoms with E-state index in [2.05, 4.69) is 39.8 Å². The van der Waals surface area contributed by atoms with Gasteiger partial charge in [-0.15, -0.1) is 0 Å². The lowest BCUT2D eigenvalue weighted by molar-refractivity contribution is 0.0697. The Balaban J connectivity index is 2.25. The normalized spacial score (nSPS) is 12.2. The molecular formula is C20H23ClO2. The average molecular weight is 331 g/mol. The number of halogens is 1. The van der Waals surface area contributed by atoms with Gasteiger partial charge >= 0.3 is 5.97 Å². The second-order valence-corrected chi connectivity index (χ2v) is 7.77. The van der Waals surface area contributed by atoms with Gasteiger partial charge in [-0.3, -0.25) is 0 Å². The van der Waals surface area contributed by atoms with Crippen LogP contribution in [-0.2, 0) is 10.8 Å². The Hall–Kier alpha value is -1.80. The van der Waals surface area contributed by atoms with E-state index in [1.807, 2.05) is 24.3 Å². The molecule has 0 aliphatic heterocycles. The van der Waals surface area contributed by atoms with Crippen LogP contribution in [0.4, 0.5) is 0 Å². The van der Waals surface area contributed by atoms with Crippen molar-refractivity contribution in [3.8, 4) is 0 Å². The molecule has 0 radical (unpaired) electrons. The molecule has 0 aromatic heterocycles. The fourth-order valence-electron chi connectivity index (χ4n) is 3.27. The minimum Gasteiger partial charge on any atom is -0.478 e. The summed E-state index contributed by atoms with van der Waals surface area (Å²) in [6.45, 7) is 8.84. The lowest BCUT2D eigenvalue weighted by Crippen LogP contribution is -2.29. The van der Waals surface area contributed by atoms with E-state index in [9.17, 15) is 4.79 Å². The van der Waals surface area contributed by atoms with Crippen LogP contribution in [0.5, 0.6) is 0 Å². The van der Waals surface area contributed by atoms with Crippen molar-refractivity contribution in [1.82, 2.24) is 0 Å². The van der Waals surface area contributed by atoms with Crippen molar-refractivity contribution in [2.24, 2.45) is 0 Å². The van der Waals surface area contributed by atoms with Crippen molar-refractivity contribution >= 4 is 17.6 Å². The molecule has 0 heterocycles. The number of aromatic carboxylic acids is 1. The molecular weight excluding hydrogens is 308 g/mol. The molecule has 0 amide bonds. The zero-order valence-corrected chi connectivity index (χ0v) is 14.8. The summed E-state index contributed by atoms with van der Waals surface area (Å²) >= 11 is 5.98. The molecule has 122 valence electrons. The highest BCUT2D eigenvalue weighted by Crippen LogP contribution is 2.39. The van der Waals surface area contributed by atoms with E-state index >= 15 is 0 Å². The molecule has 0 fully saturated rings. The van der Waals surface area contributed by atoms with Crippen LogP contribution in [0.15, 0.2) is 48.5 Å². The third kappa shape index (κ3) is 4.14. The van der Waals surface area contributed by atoms with Crippen LogP contribution < -0.4 is 0 Å². The van der Waals surface area contributed by atoms with E-state index in [1.165, 1.54) is 5.56 Å². The van der Waals surface area contributed by atoms with Crippen LogP contribution in [0, 0.1) is 0 Å². The van der Waals surface area contributed by atoms with Crippen LogP contribution in [-0.4, -0.2) is 11.1 Å². The first-order chi connectivity index (χ1) is 10.6. The summed E-state index contributed by atoms with van der Waals surface area (Å²) in [5.74, 6) is -0.893. The van der Waals surface area contributed by atoms with Crippen molar-refractivity contribution < 1.29 is 9.90 Å². The average Bonchev–Trinajstić information content (AvgIpc) is 2.46. The fraction of sp³-hybridized carbons (Fsp3) is 0.350. The molecule has 2 nitrogen and oxygen atoms in total. The smallest absolute Gasteiger partial charge is 0.335 e. The SMILES string of the molecule is CC(C)(CC(C)(C)c1ccc(C(=O)O)cc1)c1ccc(Cl)cc1. The molecule has 0 saturated heterocycles. The van der Waals surface area contributed by atoms with Gasteiger partial charge in [0.25, 0.3) is 0 Å². The second-order valence-electron chi connectivity index (χ2n) is 7.33. The Morgan fingerprint density at radius 3 is 1.65 bits per heavy atom. The summed E-state index contributed by atoms with van der Waals surface area (Å²) in [7, 11) is 0. The van der Waals surface area contributed by atoms with Gasteiger partial charge in [0.15, 0.2) is 0 Å². The largest absolute Gasteiger partial charge is 0.478 e. The molecule has 0 unspecified atom stereocenters. The fourth-order valence-corrected chi connectivity index (χ4v) is 3.40. The van der Waals surface area contributed by atoms with Crippen LogP contribution >= 0.6 is 11.6 Å². The maximum absolute atomic E-state index is 11.0. The summed E-state index contributed by atoms with van der Waals surface area (Å²) < 4.78 is 0. The first-order valence-corrected chi connectivity index (χ1v) is 8.09. The van der Waals surface area contributed by atoms with Crippen LogP contribution in [0.2, 0.25) is 5.02 Å². The third-order valence-corrected chi connectivity index (χ3v) is 4.67. The van der Waals surface area contributed by atoms with Crippen molar-refractivity contribution in [3.05, 3.63) is 70.2 Å². The first kappa shape index (κ1) is 17.6. The number of benzene rings is 2. The van der Waals surface area contributed by atoms with Crippen molar-refractivity contribution in [3.63, 3.8) is 0 Å². The topological polar surface area (TPSA) is 37.3 Å². The van der Waals surface area contributed by atoms with Crippen LogP contribution in [0.3, 0.4) is 0 Å². The molecule has 0 saturated carbocycles. The monoisotopic (exact) mass is 330 g/mol. The molecule has 2 aromatic rings. The standard InChI is InChI=1S/C20H23ClO2/c1-19(2,15-7-5-14(6-8-15)18(22)23)13-20(3,4)16-9-11-17(21)12-10-16/h5-12H,13H2,1-4H3,(H,22,23). The lowest BCUT2D eigenvalue weighted by atomic mass is 9.68. The number of carbonyl (C=O) groups is 1. The number of carboxylic acids is 1. The van der Waals surface area contributed by atoms with E-state index in [1.54, 1.807) is 12.1 Å². The minimum absolute atomic E-state index is 0.0143. The summed E-state index contributed by atoms with van der Waals surface area (Å²) in [5.41, 5.74) is 2.63. The Kier molecular flexibility index (Phi) is 4.86.